The van der Waals surface area contributed by atoms with Gasteiger partial charge in [0.25, 0.3) is 0 Å². The van der Waals surface area contributed by atoms with E-state index in [1.54, 1.807) is 6.20 Å². The van der Waals surface area contributed by atoms with Crippen molar-refractivity contribution in [2.75, 3.05) is 13.1 Å². The standard InChI is InChI=1S/C20H30N6O/c1-15(2)4-7-19(27)24-12-8-16(9-13-24)20-23-22-18(26(20)17-5-6-17)14-25-11-3-10-21-25/h3,10-11,15-17H,4-9,12-14H2,1-2H3. The molecule has 2 aromatic rings. The van der Waals surface area contributed by atoms with Gasteiger partial charge in [-0.25, -0.2) is 0 Å². The average molecular weight is 371 g/mol. The number of hydrogen-bond acceptors (Lipinski definition) is 4. The summed E-state index contributed by atoms with van der Waals surface area (Å²) in [6.07, 6.45) is 9.81. The summed E-state index contributed by atoms with van der Waals surface area (Å²) in [7, 11) is 0. The molecule has 146 valence electrons. The average Bonchev–Trinajstić information content (AvgIpc) is 3.21. The fourth-order valence-electron chi connectivity index (χ4n) is 3.95. The molecule has 0 aromatic carbocycles. The summed E-state index contributed by atoms with van der Waals surface area (Å²) in [5, 5.41) is 13.4. The first-order valence-corrected chi connectivity index (χ1v) is 10.3. The molecule has 0 unspecified atom stereocenters. The fraction of sp³-hybridized carbons (Fsp3) is 0.700. The number of carbonyl (C=O) groups is 1. The van der Waals surface area contributed by atoms with Crippen LogP contribution in [0.1, 0.15) is 76.0 Å². The molecule has 0 bridgehead atoms. The van der Waals surface area contributed by atoms with Crippen LogP contribution in [0.4, 0.5) is 0 Å². The molecular weight excluding hydrogens is 340 g/mol. The van der Waals surface area contributed by atoms with Crippen LogP contribution in [0.2, 0.25) is 0 Å². The number of nitrogens with zero attached hydrogens (tertiary/aromatic N) is 6. The van der Waals surface area contributed by atoms with Crippen molar-refractivity contribution in [2.24, 2.45) is 5.92 Å². The normalized spacial score (nSPS) is 18.4. The Kier molecular flexibility index (Phi) is 5.27. The summed E-state index contributed by atoms with van der Waals surface area (Å²) in [5.41, 5.74) is 0. The van der Waals surface area contributed by atoms with E-state index in [-0.39, 0.29) is 0 Å². The predicted octanol–water partition coefficient (Wildman–Crippen LogP) is 3.00. The quantitative estimate of drug-likeness (QED) is 0.751. The summed E-state index contributed by atoms with van der Waals surface area (Å²) in [4.78, 5) is 14.4. The van der Waals surface area contributed by atoms with Gasteiger partial charge in [-0.3, -0.25) is 9.48 Å². The molecule has 0 spiro atoms. The van der Waals surface area contributed by atoms with E-state index in [2.05, 4.69) is 33.7 Å². The second-order valence-electron chi connectivity index (χ2n) is 8.37. The van der Waals surface area contributed by atoms with E-state index < -0.39 is 0 Å². The highest BCUT2D eigenvalue weighted by atomic mass is 16.2. The van der Waals surface area contributed by atoms with Gasteiger partial charge in [-0.2, -0.15) is 5.10 Å². The van der Waals surface area contributed by atoms with Crippen molar-refractivity contribution in [3.63, 3.8) is 0 Å². The first-order valence-electron chi connectivity index (χ1n) is 10.3. The molecule has 3 heterocycles. The molecule has 4 rings (SSSR count). The van der Waals surface area contributed by atoms with Gasteiger partial charge >= 0.3 is 0 Å². The zero-order valence-corrected chi connectivity index (χ0v) is 16.4. The van der Waals surface area contributed by atoms with E-state index in [1.807, 2.05) is 21.8 Å². The molecule has 0 atom stereocenters. The Hall–Kier alpha value is -2.18. The Morgan fingerprint density at radius 2 is 1.96 bits per heavy atom. The zero-order valence-electron chi connectivity index (χ0n) is 16.4. The summed E-state index contributed by atoms with van der Waals surface area (Å²) >= 11 is 0. The second kappa shape index (κ2) is 7.82. The number of aromatic nitrogens is 5. The number of carbonyl (C=O) groups excluding carboxylic acids is 1. The lowest BCUT2D eigenvalue weighted by Gasteiger charge is -2.32. The molecule has 1 saturated carbocycles. The molecule has 7 heteroatoms. The van der Waals surface area contributed by atoms with E-state index in [1.165, 1.54) is 12.8 Å². The van der Waals surface area contributed by atoms with E-state index in [0.29, 0.717) is 36.8 Å². The highest BCUT2D eigenvalue weighted by Gasteiger charge is 2.34. The van der Waals surface area contributed by atoms with Gasteiger partial charge in [0, 0.05) is 43.9 Å². The molecule has 2 aromatic heterocycles. The molecule has 27 heavy (non-hydrogen) atoms. The first kappa shape index (κ1) is 18.2. The maximum Gasteiger partial charge on any atom is 0.222 e. The summed E-state index contributed by atoms with van der Waals surface area (Å²) in [6, 6.07) is 2.48. The van der Waals surface area contributed by atoms with E-state index >= 15 is 0 Å². The lowest BCUT2D eigenvalue weighted by Crippen LogP contribution is -2.38. The third-order valence-corrected chi connectivity index (χ3v) is 5.72. The molecule has 1 aliphatic heterocycles. The Morgan fingerprint density at radius 1 is 1.19 bits per heavy atom. The van der Waals surface area contributed by atoms with Gasteiger partial charge in [-0.05, 0) is 44.1 Å². The third-order valence-electron chi connectivity index (χ3n) is 5.72. The fourth-order valence-corrected chi connectivity index (χ4v) is 3.95. The van der Waals surface area contributed by atoms with Crippen LogP contribution in [-0.2, 0) is 11.3 Å². The van der Waals surface area contributed by atoms with Crippen molar-refractivity contribution in [3.8, 4) is 0 Å². The third kappa shape index (κ3) is 4.22. The van der Waals surface area contributed by atoms with Crippen LogP contribution in [0.15, 0.2) is 18.5 Å². The predicted molar refractivity (Wildman–Crippen MR) is 102 cm³/mol. The first-order chi connectivity index (χ1) is 13.1. The Morgan fingerprint density at radius 3 is 2.59 bits per heavy atom. The van der Waals surface area contributed by atoms with Crippen LogP contribution in [0.5, 0.6) is 0 Å². The summed E-state index contributed by atoms with van der Waals surface area (Å²) in [5.74, 6) is 3.42. The Bertz CT molecular complexity index is 754. The van der Waals surface area contributed by atoms with Crippen molar-refractivity contribution in [2.45, 2.75) is 70.9 Å². The van der Waals surface area contributed by atoms with Crippen LogP contribution >= 0.6 is 0 Å². The van der Waals surface area contributed by atoms with Crippen LogP contribution in [0, 0.1) is 5.92 Å². The number of amides is 1. The van der Waals surface area contributed by atoms with Crippen molar-refractivity contribution in [1.29, 1.82) is 0 Å². The Balaban J connectivity index is 1.41. The lowest BCUT2D eigenvalue weighted by molar-refractivity contribution is -0.132. The molecule has 1 amide bonds. The maximum absolute atomic E-state index is 12.4. The maximum atomic E-state index is 12.4. The van der Waals surface area contributed by atoms with E-state index in [4.69, 9.17) is 0 Å². The van der Waals surface area contributed by atoms with Crippen LogP contribution < -0.4 is 0 Å². The highest BCUT2D eigenvalue weighted by Crippen LogP contribution is 2.40. The minimum Gasteiger partial charge on any atom is -0.343 e. The van der Waals surface area contributed by atoms with E-state index in [0.717, 1.165) is 44.0 Å². The Labute approximate surface area is 160 Å². The monoisotopic (exact) mass is 370 g/mol. The number of hydrogen-bond donors (Lipinski definition) is 0. The van der Waals surface area contributed by atoms with Crippen molar-refractivity contribution in [1.82, 2.24) is 29.4 Å². The molecule has 1 aliphatic carbocycles. The minimum absolute atomic E-state index is 0.310. The van der Waals surface area contributed by atoms with Gasteiger partial charge in [0.1, 0.15) is 12.4 Å². The summed E-state index contributed by atoms with van der Waals surface area (Å²) < 4.78 is 4.27. The minimum atomic E-state index is 0.310. The topological polar surface area (TPSA) is 68.8 Å². The zero-order chi connectivity index (χ0) is 18.8. The largest absolute Gasteiger partial charge is 0.343 e. The van der Waals surface area contributed by atoms with E-state index in [9.17, 15) is 4.79 Å². The molecule has 2 aliphatic rings. The van der Waals surface area contributed by atoms with Crippen molar-refractivity contribution in [3.05, 3.63) is 30.1 Å². The van der Waals surface area contributed by atoms with Gasteiger partial charge in [-0.15, -0.1) is 10.2 Å². The van der Waals surface area contributed by atoms with Gasteiger partial charge in [0.15, 0.2) is 5.82 Å². The van der Waals surface area contributed by atoms with Gasteiger partial charge < -0.3 is 9.47 Å². The molecule has 0 radical (unpaired) electrons. The number of piperidine rings is 1. The highest BCUT2D eigenvalue weighted by molar-refractivity contribution is 5.76. The smallest absolute Gasteiger partial charge is 0.222 e. The van der Waals surface area contributed by atoms with Gasteiger partial charge in [-0.1, -0.05) is 13.8 Å². The van der Waals surface area contributed by atoms with Crippen LogP contribution in [0.3, 0.4) is 0 Å². The summed E-state index contributed by atoms with van der Waals surface area (Å²) in [6.45, 7) is 6.69. The van der Waals surface area contributed by atoms with Gasteiger partial charge in [0.2, 0.25) is 5.91 Å². The van der Waals surface area contributed by atoms with Crippen LogP contribution in [-0.4, -0.2) is 48.4 Å². The second-order valence-corrected chi connectivity index (χ2v) is 8.37. The molecule has 0 N–H and O–H groups in total. The van der Waals surface area contributed by atoms with Crippen molar-refractivity contribution < 1.29 is 4.79 Å². The molecule has 1 saturated heterocycles. The molecule has 7 nitrogen and oxygen atoms in total. The van der Waals surface area contributed by atoms with Crippen LogP contribution in [0.25, 0.3) is 0 Å². The molecular formula is C20H30N6O. The van der Waals surface area contributed by atoms with Gasteiger partial charge in [0.05, 0.1) is 0 Å². The lowest BCUT2D eigenvalue weighted by atomic mass is 9.95. The molecule has 2 fully saturated rings. The SMILES string of the molecule is CC(C)CCC(=O)N1CCC(c2nnc(Cn3cccn3)n2C2CC2)CC1. The van der Waals surface area contributed by atoms with Crippen molar-refractivity contribution >= 4 is 5.91 Å². The number of likely N-dealkylation sites (tertiary alicyclic amines) is 1. The number of rotatable bonds is 7.